The number of pyridine rings is 1. The van der Waals surface area contributed by atoms with Gasteiger partial charge in [0, 0.05) is 84.9 Å². The first kappa shape index (κ1) is 27.3. The van der Waals surface area contributed by atoms with Crippen LogP contribution in [0.3, 0.4) is 0 Å². The molecule has 7 rings (SSSR count). The zero-order chi connectivity index (χ0) is 29.2. The minimum absolute atomic E-state index is 0.00847. The third-order valence-electron chi connectivity index (χ3n) is 9.29. The van der Waals surface area contributed by atoms with Gasteiger partial charge in [-0.15, -0.1) is 0 Å². The Bertz CT molecular complexity index is 1800. The zero-order valence-electron chi connectivity index (χ0n) is 24.2. The van der Waals surface area contributed by atoms with Crippen LogP contribution in [0.1, 0.15) is 71.4 Å². The van der Waals surface area contributed by atoms with Crippen LogP contribution >= 0.6 is 0 Å². The fourth-order valence-electron chi connectivity index (χ4n) is 6.86. The molecule has 1 amide bonds. The van der Waals surface area contributed by atoms with Crippen LogP contribution in [0.15, 0.2) is 42.9 Å². The summed E-state index contributed by atoms with van der Waals surface area (Å²) < 4.78 is 30.2. The van der Waals surface area contributed by atoms with Gasteiger partial charge in [0.15, 0.2) is 0 Å². The van der Waals surface area contributed by atoms with Gasteiger partial charge in [-0.1, -0.05) is 6.92 Å². The Hall–Kier alpha value is -3.54. The summed E-state index contributed by atoms with van der Waals surface area (Å²) in [5.41, 5.74) is 8.23. The highest BCUT2D eigenvalue weighted by Crippen LogP contribution is 2.41. The van der Waals surface area contributed by atoms with Crippen molar-refractivity contribution in [2.75, 3.05) is 13.1 Å². The maximum atomic E-state index is 14.0. The molecule has 3 aromatic heterocycles. The Morgan fingerprint density at radius 2 is 1.93 bits per heavy atom. The number of piperidine rings is 1. The van der Waals surface area contributed by atoms with Crippen LogP contribution in [-0.2, 0) is 43.3 Å². The van der Waals surface area contributed by atoms with Gasteiger partial charge in [0.05, 0.1) is 24.0 Å². The Morgan fingerprint density at radius 3 is 2.67 bits per heavy atom. The lowest BCUT2D eigenvalue weighted by Crippen LogP contribution is -2.43. The molecule has 10 nitrogen and oxygen atoms in total. The van der Waals surface area contributed by atoms with Crippen molar-refractivity contribution >= 4 is 27.0 Å². The fourth-order valence-corrected chi connectivity index (χ4v) is 7.63. The first-order chi connectivity index (χ1) is 20.2. The molecular weight excluding hydrogens is 550 g/mol. The largest absolute Gasteiger partial charge is 0.343 e. The van der Waals surface area contributed by atoms with Crippen molar-refractivity contribution in [2.24, 2.45) is 18.1 Å². The number of rotatable bonds is 7. The van der Waals surface area contributed by atoms with Gasteiger partial charge < -0.3 is 9.47 Å². The van der Waals surface area contributed by atoms with E-state index in [4.69, 9.17) is 5.14 Å². The number of aromatic nitrogens is 4. The van der Waals surface area contributed by atoms with Gasteiger partial charge in [0.2, 0.25) is 0 Å². The van der Waals surface area contributed by atoms with Crippen molar-refractivity contribution in [3.05, 3.63) is 70.9 Å². The van der Waals surface area contributed by atoms with E-state index in [9.17, 15) is 13.2 Å². The molecule has 1 atom stereocenters. The fraction of sp³-hybridized carbons (Fsp3) is 0.452. The highest BCUT2D eigenvalue weighted by atomic mass is 32.2. The highest BCUT2D eigenvalue weighted by molar-refractivity contribution is 7.86. The maximum Gasteiger partial charge on any atom is 0.276 e. The van der Waals surface area contributed by atoms with Crippen LogP contribution in [0, 0.1) is 5.92 Å². The molecule has 0 spiro atoms. The number of hydrogen-bond acceptors (Lipinski definition) is 5. The van der Waals surface area contributed by atoms with Gasteiger partial charge in [-0.2, -0.15) is 17.8 Å². The van der Waals surface area contributed by atoms with Crippen LogP contribution < -0.4 is 5.14 Å². The van der Waals surface area contributed by atoms with Crippen molar-refractivity contribution in [3.8, 4) is 11.1 Å². The molecule has 42 heavy (non-hydrogen) atoms. The van der Waals surface area contributed by atoms with Crippen molar-refractivity contribution in [2.45, 2.75) is 64.6 Å². The normalized spacial score (nSPS) is 19.5. The summed E-state index contributed by atoms with van der Waals surface area (Å²) in [5, 5.41) is 10.9. The molecule has 3 aliphatic rings. The molecule has 0 unspecified atom stereocenters. The summed E-state index contributed by atoms with van der Waals surface area (Å²) in [4.78, 5) is 20.4. The van der Waals surface area contributed by atoms with Crippen LogP contribution in [0.25, 0.3) is 22.0 Å². The molecule has 5 heterocycles. The molecule has 1 saturated carbocycles. The number of fused-ring (bicyclic) bond motifs is 2. The van der Waals surface area contributed by atoms with Gasteiger partial charge in [0.1, 0.15) is 0 Å². The molecule has 1 saturated heterocycles. The van der Waals surface area contributed by atoms with Gasteiger partial charge in [0.25, 0.3) is 16.1 Å². The third-order valence-corrected chi connectivity index (χ3v) is 10.3. The number of nitrogens with zero attached hydrogens (tertiary/aromatic N) is 6. The van der Waals surface area contributed by atoms with Gasteiger partial charge in [-0.25, -0.2) is 5.14 Å². The molecule has 11 heteroatoms. The summed E-state index contributed by atoms with van der Waals surface area (Å²) in [7, 11) is -1.85. The van der Waals surface area contributed by atoms with E-state index in [1.54, 1.807) is 0 Å². The van der Waals surface area contributed by atoms with E-state index < -0.39 is 10.2 Å². The zero-order valence-corrected chi connectivity index (χ0v) is 25.0. The predicted octanol–water partition coefficient (Wildman–Crippen LogP) is 3.95. The quantitative estimate of drug-likeness (QED) is 0.351. The SMILES string of the molecule is CCc1ccncc1-c1cc(C(=O)N2Cc3cnn(C)c3C2)cc2cc([C@H]3CCCN(S(N)(=O)=O)C3)n(CC3CC3)c12. The maximum absolute atomic E-state index is 14.0. The Balaban J connectivity index is 1.39. The van der Waals surface area contributed by atoms with Crippen molar-refractivity contribution in [1.82, 2.24) is 28.5 Å². The van der Waals surface area contributed by atoms with E-state index in [2.05, 4.69) is 33.7 Å². The lowest BCUT2D eigenvalue weighted by atomic mass is 9.95. The van der Waals surface area contributed by atoms with Gasteiger partial charge in [-0.3, -0.25) is 14.5 Å². The number of hydrogen-bond donors (Lipinski definition) is 1. The van der Waals surface area contributed by atoms with Crippen LogP contribution in [0.5, 0.6) is 0 Å². The summed E-state index contributed by atoms with van der Waals surface area (Å²) in [6.07, 6.45) is 10.5. The van der Waals surface area contributed by atoms with E-state index in [1.807, 2.05) is 47.4 Å². The number of carbonyl (C=O) groups is 1. The molecule has 0 bridgehead atoms. The summed E-state index contributed by atoms with van der Waals surface area (Å²) >= 11 is 0. The van der Waals surface area contributed by atoms with Crippen molar-refractivity contribution < 1.29 is 13.2 Å². The molecule has 220 valence electrons. The molecular formula is C31H37N7O3S. The first-order valence-corrected chi connectivity index (χ1v) is 16.4. The van der Waals surface area contributed by atoms with E-state index in [-0.39, 0.29) is 11.8 Å². The molecule has 1 aliphatic carbocycles. The number of benzene rings is 1. The topological polar surface area (TPSA) is 119 Å². The van der Waals surface area contributed by atoms with Gasteiger partial charge in [-0.05, 0) is 67.9 Å². The molecule has 2 aliphatic heterocycles. The average molecular weight is 588 g/mol. The number of nitrogens with two attached hydrogens (primary N) is 1. The van der Waals surface area contributed by atoms with E-state index >= 15 is 0 Å². The smallest absolute Gasteiger partial charge is 0.276 e. The Labute approximate surface area is 246 Å². The standard InChI is InChI=1S/C31H37N7O3S/c1-3-21-8-9-33-15-27(21)26-12-24(31(39)36-17-25-14-34-35(2)29(25)19-36)11-23-13-28(38(30(23)26)16-20-6-7-20)22-5-4-10-37(18-22)42(32,40)41/h8-9,11-15,20,22H,3-7,10,16-19H2,1-2H3,(H2,32,40,41)/t22-/m0/s1. The predicted molar refractivity (Wildman–Crippen MR) is 161 cm³/mol. The third kappa shape index (κ3) is 4.83. The average Bonchev–Trinajstić information content (AvgIpc) is 3.43. The Morgan fingerprint density at radius 1 is 1.10 bits per heavy atom. The Kier molecular flexibility index (Phi) is 6.71. The molecule has 0 radical (unpaired) electrons. The first-order valence-electron chi connectivity index (χ1n) is 14.9. The lowest BCUT2D eigenvalue weighted by Gasteiger charge is -2.31. The van der Waals surface area contributed by atoms with E-state index in [0.717, 1.165) is 64.8 Å². The number of aryl methyl sites for hydroxylation is 2. The number of carbonyl (C=O) groups excluding carboxylic acids is 1. The monoisotopic (exact) mass is 587 g/mol. The van der Waals surface area contributed by atoms with Gasteiger partial charge >= 0.3 is 0 Å². The minimum atomic E-state index is -3.77. The highest BCUT2D eigenvalue weighted by Gasteiger charge is 2.33. The van der Waals surface area contributed by atoms with Crippen molar-refractivity contribution in [1.29, 1.82) is 0 Å². The van der Waals surface area contributed by atoms with E-state index in [0.29, 0.717) is 37.7 Å². The molecule has 4 aromatic rings. The van der Waals surface area contributed by atoms with Crippen LogP contribution in [0.4, 0.5) is 0 Å². The molecule has 2 N–H and O–H groups in total. The van der Waals surface area contributed by atoms with E-state index in [1.165, 1.54) is 22.7 Å². The van der Waals surface area contributed by atoms with Crippen LogP contribution in [0.2, 0.25) is 0 Å². The summed E-state index contributed by atoms with van der Waals surface area (Å²) in [6, 6.07) is 8.32. The second kappa shape index (κ2) is 10.3. The number of amides is 1. The molecule has 1 aromatic carbocycles. The van der Waals surface area contributed by atoms with Crippen molar-refractivity contribution in [3.63, 3.8) is 0 Å². The second-order valence-corrected chi connectivity index (χ2v) is 13.7. The second-order valence-electron chi connectivity index (χ2n) is 12.1. The summed E-state index contributed by atoms with van der Waals surface area (Å²) in [6.45, 7) is 4.91. The summed E-state index contributed by atoms with van der Waals surface area (Å²) in [5.74, 6) is 0.615. The molecule has 2 fully saturated rings. The minimum Gasteiger partial charge on any atom is -0.343 e. The lowest BCUT2D eigenvalue weighted by molar-refractivity contribution is 0.0748. The van der Waals surface area contributed by atoms with Crippen LogP contribution in [-0.4, -0.2) is 56.0 Å².